The molecule has 2 aromatic carbocycles. The van der Waals surface area contributed by atoms with Crippen LogP contribution >= 0.6 is 8.53 Å². The first-order valence-corrected chi connectivity index (χ1v) is 28.3. The van der Waals surface area contributed by atoms with Crippen LogP contribution in [0.25, 0.3) is 4.85 Å². The first-order chi connectivity index (χ1) is 38.8. The van der Waals surface area contributed by atoms with Crippen molar-refractivity contribution in [1.29, 1.82) is 0 Å². The lowest BCUT2D eigenvalue weighted by Crippen LogP contribution is -2.58. The number of carbonyl (C=O) groups excluding carboxylic acids is 2. The monoisotopic (exact) mass is 1130 g/mol. The first kappa shape index (κ1) is 58.4. The molecular weight excluding hydrogens is 1060 g/mol. The van der Waals surface area contributed by atoms with Crippen LogP contribution in [0.5, 0.6) is 0 Å². The summed E-state index contributed by atoms with van der Waals surface area (Å²) in [7, 11) is -1.64. The van der Waals surface area contributed by atoms with E-state index in [-0.39, 0.29) is 48.7 Å². The number of hydrogen-bond acceptors (Lipinski definition) is 20. The van der Waals surface area contributed by atoms with Gasteiger partial charge in [-0.15, -0.1) is 0 Å². The van der Waals surface area contributed by atoms with Crippen molar-refractivity contribution in [2.24, 2.45) is 0 Å². The number of benzene rings is 2. The number of ether oxygens (including phenoxy) is 2. The number of aliphatic hydroxyl groups is 1. The smallest absolute Gasteiger partial charge is 0.351 e. The number of hydrogen-bond donors (Lipinski definition) is 3. The Kier molecular flexibility index (Phi) is 17.6. The Morgan fingerprint density at radius 1 is 0.741 bits per heavy atom. The Morgan fingerprint density at radius 3 is 1.64 bits per heavy atom. The molecule has 25 nitrogen and oxygen atoms in total. The summed E-state index contributed by atoms with van der Waals surface area (Å²) >= 11 is 0. The fourth-order valence-electron chi connectivity index (χ4n) is 11.1. The van der Waals surface area contributed by atoms with Gasteiger partial charge in [0, 0.05) is 73.7 Å². The molecule has 6 aromatic rings. The highest BCUT2D eigenvalue weighted by Gasteiger charge is 2.63. The molecule has 4 saturated heterocycles. The van der Waals surface area contributed by atoms with E-state index in [1.165, 1.54) is 9.13 Å². The van der Waals surface area contributed by atoms with Gasteiger partial charge in [-0.1, -0.05) is 50.2 Å². The molecule has 4 aromatic heterocycles. The molecule has 81 heavy (non-hydrogen) atoms. The second kappa shape index (κ2) is 24.4. The molecule has 8 heterocycles. The van der Waals surface area contributed by atoms with Crippen molar-refractivity contribution >= 4 is 43.9 Å². The summed E-state index contributed by atoms with van der Waals surface area (Å²) in [6.45, 7) is 28.1. The second-order valence-electron chi connectivity index (χ2n) is 21.0. The lowest BCUT2D eigenvalue weighted by atomic mass is 9.84. The molecule has 26 heteroatoms. The number of aromatic nitrogens is 8. The molecule has 430 valence electrons. The van der Waals surface area contributed by atoms with Gasteiger partial charge in [-0.3, -0.25) is 18.7 Å². The maximum Gasteiger partial charge on any atom is 0.351 e. The van der Waals surface area contributed by atoms with Crippen molar-refractivity contribution in [3.8, 4) is 0 Å². The molecule has 10 rings (SSSR count). The summed E-state index contributed by atoms with van der Waals surface area (Å²) in [6.07, 6.45) is 2.42. The number of aliphatic hydroxyl groups excluding tert-OH is 1. The van der Waals surface area contributed by atoms with Gasteiger partial charge in [-0.2, -0.15) is 19.9 Å². The van der Waals surface area contributed by atoms with Gasteiger partial charge in [0.2, 0.25) is 18.3 Å². The van der Waals surface area contributed by atoms with E-state index < -0.39 is 67.9 Å². The summed E-state index contributed by atoms with van der Waals surface area (Å²) in [5, 5.41) is 24.9. The molecule has 0 saturated carbocycles. The lowest BCUT2D eigenvalue weighted by Gasteiger charge is -2.46. The summed E-state index contributed by atoms with van der Waals surface area (Å²) in [4.78, 5) is 76.8. The highest BCUT2D eigenvalue weighted by molar-refractivity contribution is 7.44. The predicted molar refractivity (Wildman–Crippen MR) is 298 cm³/mol. The van der Waals surface area contributed by atoms with Gasteiger partial charge in [0.1, 0.15) is 53.7 Å². The van der Waals surface area contributed by atoms with Crippen molar-refractivity contribution in [3.63, 3.8) is 0 Å². The first-order valence-electron chi connectivity index (χ1n) is 27.1. The van der Waals surface area contributed by atoms with E-state index in [9.17, 15) is 24.3 Å². The van der Waals surface area contributed by atoms with Crippen LogP contribution in [0.1, 0.15) is 123 Å². The minimum Gasteiger partial charge on any atom is -0.388 e. The quantitative estimate of drug-likeness (QED) is 0.0447. The number of aryl methyl sites for hydroxylation is 4. The van der Waals surface area contributed by atoms with Gasteiger partial charge < -0.3 is 58.0 Å². The molecule has 2 amide bonds. The highest BCUT2D eigenvalue weighted by atomic mass is 31.2. The second-order valence-corrected chi connectivity index (χ2v) is 22.4. The van der Waals surface area contributed by atoms with Crippen molar-refractivity contribution < 1.29 is 42.3 Å². The molecule has 0 radical (unpaired) electrons. The number of rotatable bonds is 18. The van der Waals surface area contributed by atoms with E-state index in [0.717, 1.165) is 0 Å². The molecule has 9 atom stereocenters. The zero-order valence-electron chi connectivity index (χ0n) is 47.0. The molecular formula is C55H69N14O11P. The SMILES string of the molecule is CC[C@@]12CCN(c3noc(C)n3)[C@@H]([C@H](n3cc(C)c(NC(=O)c4ccccc4)nc3=O)O1)[C@@H]2O.[C-]#[N+]CCOP(O[C@H]1[C@@H]2[C@H](n3cc(C)c(NC(=O)c4ccccc4)nc3=O)O[C@@]1(CC)CCN2c1noc(C)n1)N(C(C)C)C(C)C. The Bertz CT molecular complexity index is 3340. The average Bonchev–Trinajstić information content (AvgIpc) is 2.42. The molecule has 1 unspecified atom stereocenters. The van der Waals surface area contributed by atoms with Crippen LogP contribution in [-0.4, -0.2) is 135 Å². The van der Waals surface area contributed by atoms with Gasteiger partial charge in [0.05, 0.1) is 0 Å². The maximum atomic E-state index is 13.8. The summed E-state index contributed by atoms with van der Waals surface area (Å²) in [5.74, 6) is 1.14. The maximum absolute atomic E-state index is 13.8. The zero-order chi connectivity index (χ0) is 57.9. The Balaban J connectivity index is 0.000000205. The molecule has 4 bridgehead atoms. The third kappa shape index (κ3) is 11.8. The molecule has 0 spiro atoms. The van der Waals surface area contributed by atoms with Crippen LogP contribution in [0, 0.1) is 34.3 Å². The molecule has 4 aliphatic heterocycles. The van der Waals surface area contributed by atoms with Crippen LogP contribution in [0.15, 0.2) is 91.7 Å². The minimum absolute atomic E-state index is 0.0913. The molecule has 4 fully saturated rings. The zero-order valence-corrected chi connectivity index (χ0v) is 47.9. The number of anilines is 4. The van der Waals surface area contributed by atoms with Gasteiger partial charge >= 0.3 is 11.4 Å². The van der Waals surface area contributed by atoms with E-state index in [4.69, 9.17) is 34.1 Å². The van der Waals surface area contributed by atoms with Crippen LogP contribution < -0.4 is 31.8 Å². The van der Waals surface area contributed by atoms with Crippen LogP contribution in [0.3, 0.4) is 0 Å². The van der Waals surface area contributed by atoms with Crippen LogP contribution in [0.2, 0.25) is 0 Å². The Hall–Kier alpha value is -7.30. The number of nitrogens with zero attached hydrogens (tertiary/aromatic N) is 12. The minimum atomic E-state index is -1.64. The van der Waals surface area contributed by atoms with Crippen molar-refractivity contribution in [3.05, 3.63) is 139 Å². The van der Waals surface area contributed by atoms with E-state index in [1.54, 1.807) is 88.6 Å². The Labute approximate surface area is 469 Å². The third-order valence-electron chi connectivity index (χ3n) is 15.2. The number of nitrogens with one attached hydrogen (secondary N) is 2. The number of carbonyl (C=O) groups is 2. The summed E-state index contributed by atoms with van der Waals surface area (Å²) in [5.41, 5.74) is -0.690. The fourth-order valence-corrected chi connectivity index (χ4v) is 12.9. The van der Waals surface area contributed by atoms with E-state index in [0.29, 0.717) is 84.7 Å². The van der Waals surface area contributed by atoms with Gasteiger partial charge in [0.25, 0.3) is 32.2 Å². The molecule has 0 aliphatic carbocycles. The number of piperidine rings is 2. The normalized spacial score (nSPS) is 24.3. The topological polar surface area (TPSA) is 277 Å². The average molecular weight is 1130 g/mol. The van der Waals surface area contributed by atoms with Gasteiger partial charge in [-0.05, 0) is 102 Å². The molecule has 3 N–H and O–H groups in total. The van der Waals surface area contributed by atoms with Crippen molar-refractivity contribution in [2.75, 3.05) is 46.7 Å². The summed E-state index contributed by atoms with van der Waals surface area (Å²) in [6, 6.07) is 16.4. The van der Waals surface area contributed by atoms with Gasteiger partial charge in [-0.25, -0.2) is 20.8 Å². The lowest BCUT2D eigenvalue weighted by molar-refractivity contribution is -0.107. The number of amides is 2. The van der Waals surface area contributed by atoms with Crippen molar-refractivity contribution in [2.45, 2.75) is 155 Å². The fraction of sp³-hybridized carbons (Fsp3) is 0.509. The predicted octanol–water partition coefficient (Wildman–Crippen LogP) is 6.93. The standard InChI is InChI=1S/C32H43N8O6P.C23H26N6O5/c1-9-32-15-17-38(30-34-23(7)45-37-30)25(26(32)46-47(43-18-16-33-8)40(20(2)3)21(4)5)29(44-32)39-19-22(6)27(36-31(39)42)35-28(41)24-13-11-10-12-14-24;1-4-23-10-11-28(21-24-14(3)34-27-21)16(17(23)30)20(33-23)29-12-13(2)18(26-22(29)32)25-19(31)15-8-6-5-7-9-15/h10-14,19-21,25-26,29H,9,15-18H2,1-7H3,(H,35,36,41,42);5-9,12,16-17,20,30H,4,10-11H2,1-3H3,(H,25,26,31,32)/t25-,26+,29-,32+,47?;16-,17+,20-,23+/m11/s1. The highest BCUT2D eigenvalue weighted by Crippen LogP contribution is 2.56. The van der Waals surface area contributed by atoms with Crippen LogP contribution in [-0.2, 0) is 18.5 Å². The largest absolute Gasteiger partial charge is 0.388 e. The summed E-state index contributed by atoms with van der Waals surface area (Å²) < 4.78 is 42.1. The van der Waals surface area contributed by atoms with Crippen molar-refractivity contribution in [1.82, 2.24) is 44.1 Å². The van der Waals surface area contributed by atoms with E-state index in [2.05, 4.69) is 78.1 Å². The van der Waals surface area contributed by atoms with Crippen LogP contribution in [0.4, 0.5) is 23.5 Å². The number of fused-ring (bicyclic) bond motifs is 4. The van der Waals surface area contributed by atoms with Gasteiger partial charge in [0.15, 0.2) is 12.5 Å². The Morgan fingerprint density at radius 2 is 1.20 bits per heavy atom. The third-order valence-corrected chi connectivity index (χ3v) is 17.3. The van der Waals surface area contributed by atoms with E-state index in [1.807, 2.05) is 35.8 Å². The molecule has 4 aliphatic rings. The van der Waals surface area contributed by atoms with E-state index >= 15 is 0 Å².